The lowest BCUT2D eigenvalue weighted by molar-refractivity contribution is -0.138. The highest BCUT2D eigenvalue weighted by molar-refractivity contribution is 5.89. The molecule has 1 aromatic carbocycles. The average Bonchev–Trinajstić information content (AvgIpc) is 2.37. The SMILES string of the molecule is Cc1ccc(NC(=O)N(C)C(C)CO)cc1C(F)(F)F. The summed E-state index contributed by atoms with van der Waals surface area (Å²) in [5, 5.41) is 11.3. The van der Waals surface area contributed by atoms with Crippen molar-refractivity contribution in [1.29, 1.82) is 0 Å². The van der Waals surface area contributed by atoms with Crippen molar-refractivity contribution in [2.45, 2.75) is 26.1 Å². The summed E-state index contributed by atoms with van der Waals surface area (Å²) in [6.07, 6.45) is -4.46. The highest BCUT2D eigenvalue weighted by atomic mass is 19.4. The van der Waals surface area contributed by atoms with Crippen molar-refractivity contribution in [3.63, 3.8) is 0 Å². The topological polar surface area (TPSA) is 52.6 Å². The summed E-state index contributed by atoms with van der Waals surface area (Å²) in [7, 11) is 1.45. The molecule has 1 aromatic rings. The van der Waals surface area contributed by atoms with Crippen LogP contribution >= 0.6 is 0 Å². The molecule has 2 amide bonds. The number of rotatable bonds is 3. The Kier molecular flexibility index (Phi) is 4.99. The molecule has 2 N–H and O–H groups in total. The number of aryl methyl sites for hydroxylation is 1. The molecule has 0 radical (unpaired) electrons. The number of halogens is 3. The van der Waals surface area contributed by atoms with E-state index in [9.17, 15) is 18.0 Å². The van der Waals surface area contributed by atoms with Gasteiger partial charge in [-0.1, -0.05) is 6.07 Å². The molecular weight excluding hydrogens is 273 g/mol. The number of nitrogens with one attached hydrogen (secondary N) is 1. The smallest absolute Gasteiger partial charge is 0.394 e. The largest absolute Gasteiger partial charge is 0.416 e. The first kappa shape index (κ1) is 16.3. The first-order valence-electron chi connectivity index (χ1n) is 5.99. The van der Waals surface area contributed by atoms with E-state index in [0.29, 0.717) is 0 Å². The maximum Gasteiger partial charge on any atom is 0.416 e. The molecule has 0 aliphatic heterocycles. The van der Waals surface area contributed by atoms with E-state index in [1.807, 2.05) is 0 Å². The van der Waals surface area contributed by atoms with E-state index in [4.69, 9.17) is 5.11 Å². The van der Waals surface area contributed by atoms with Crippen molar-refractivity contribution in [3.05, 3.63) is 29.3 Å². The molecule has 0 aliphatic rings. The maximum absolute atomic E-state index is 12.8. The van der Waals surface area contributed by atoms with Gasteiger partial charge in [-0.25, -0.2) is 4.79 Å². The lowest BCUT2D eigenvalue weighted by Gasteiger charge is -2.23. The van der Waals surface area contributed by atoms with Crippen LogP contribution in [0.25, 0.3) is 0 Å². The Labute approximate surface area is 115 Å². The third-order valence-electron chi connectivity index (χ3n) is 3.04. The van der Waals surface area contributed by atoms with E-state index in [0.717, 1.165) is 6.07 Å². The van der Waals surface area contributed by atoms with E-state index in [1.54, 1.807) is 6.92 Å². The van der Waals surface area contributed by atoms with Crippen LogP contribution in [0.4, 0.5) is 23.7 Å². The molecule has 0 spiro atoms. The van der Waals surface area contributed by atoms with Gasteiger partial charge in [-0.05, 0) is 31.5 Å². The molecule has 20 heavy (non-hydrogen) atoms. The molecule has 0 aromatic heterocycles. The Balaban J connectivity index is 2.92. The molecule has 1 rings (SSSR count). The zero-order valence-electron chi connectivity index (χ0n) is 11.5. The van der Waals surface area contributed by atoms with Crippen molar-refractivity contribution in [2.24, 2.45) is 0 Å². The molecule has 1 atom stereocenters. The normalized spacial score (nSPS) is 12.9. The van der Waals surface area contributed by atoms with Gasteiger partial charge in [0.05, 0.1) is 18.2 Å². The molecule has 4 nitrogen and oxygen atoms in total. The number of hydrogen-bond acceptors (Lipinski definition) is 2. The predicted molar refractivity (Wildman–Crippen MR) is 69.5 cm³/mol. The molecule has 112 valence electrons. The van der Waals surface area contributed by atoms with Crippen LogP contribution in [0.3, 0.4) is 0 Å². The van der Waals surface area contributed by atoms with Gasteiger partial charge in [0.2, 0.25) is 0 Å². The highest BCUT2D eigenvalue weighted by Crippen LogP contribution is 2.33. The quantitative estimate of drug-likeness (QED) is 0.899. The Bertz CT molecular complexity index is 489. The number of hydrogen-bond donors (Lipinski definition) is 2. The third kappa shape index (κ3) is 3.86. The van der Waals surface area contributed by atoms with Gasteiger partial charge >= 0.3 is 12.2 Å². The summed E-state index contributed by atoms with van der Waals surface area (Å²) in [5.41, 5.74) is -0.634. The number of urea groups is 1. The van der Waals surface area contributed by atoms with E-state index >= 15 is 0 Å². The fourth-order valence-electron chi connectivity index (χ4n) is 1.54. The van der Waals surface area contributed by atoms with Crippen LogP contribution in [0.1, 0.15) is 18.1 Å². The van der Waals surface area contributed by atoms with Gasteiger partial charge in [0, 0.05) is 12.7 Å². The Morgan fingerprint density at radius 1 is 1.45 bits per heavy atom. The van der Waals surface area contributed by atoms with E-state index in [-0.39, 0.29) is 17.9 Å². The lowest BCUT2D eigenvalue weighted by Crippen LogP contribution is -2.40. The molecule has 0 heterocycles. The second kappa shape index (κ2) is 6.13. The molecule has 1 unspecified atom stereocenters. The average molecular weight is 290 g/mol. The molecule has 7 heteroatoms. The van der Waals surface area contributed by atoms with E-state index in [2.05, 4.69) is 5.32 Å². The Morgan fingerprint density at radius 3 is 2.55 bits per heavy atom. The molecule has 0 aliphatic carbocycles. The summed E-state index contributed by atoms with van der Waals surface area (Å²) in [6, 6.07) is 2.59. The van der Waals surface area contributed by atoms with Gasteiger partial charge in [-0.2, -0.15) is 13.2 Å². The first-order chi connectivity index (χ1) is 9.16. The number of benzene rings is 1. The second-order valence-electron chi connectivity index (χ2n) is 4.60. The van der Waals surface area contributed by atoms with Gasteiger partial charge in [-0.3, -0.25) is 0 Å². The predicted octanol–water partition coefficient (Wildman–Crippen LogP) is 2.86. The van der Waals surface area contributed by atoms with Crippen LogP contribution in [-0.4, -0.2) is 35.7 Å². The van der Waals surface area contributed by atoms with Crippen LogP contribution < -0.4 is 5.32 Å². The van der Waals surface area contributed by atoms with Gasteiger partial charge in [0.1, 0.15) is 0 Å². The van der Waals surface area contributed by atoms with Crippen molar-refractivity contribution in [1.82, 2.24) is 4.90 Å². The first-order valence-corrected chi connectivity index (χ1v) is 5.99. The van der Waals surface area contributed by atoms with E-state index in [1.165, 1.54) is 31.0 Å². The molecular formula is C13H17F3N2O2. The standard InChI is InChI=1S/C13H17F3N2O2/c1-8-4-5-10(6-11(8)13(14,15)16)17-12(20)18(3)9(2)7-19/h4-6,9,19H,7H2,1-3H3,(H,17,20). The van der Waals surface area contributed by atoms with Crippen LogP contribution in [-0.2, 0) is 6.18 Å². The van der Waals surface area contributed by atoms with Crippen LogP contribution in [0.2, 0.25) is 0 Å². The highest BCUT2D eigenvalue weighted by Gasteiger charge is 2.32. The van der Waals surface area contributed by atoms with Crippen molar-refractivity contribution in [2.75, 3.05) is 19.0 Å². The molecule has 0 saturated heterocycles. The minimum absolute atomic E-state index is 0.0601. The lowest BCUT2D eigenvalue weighted by atomic mass is 10.1. The van der Waals surface area contributed by atoms with Crippen LogP contribution in [0.15, 0.2) is 18.2 Å². The molecule has 0 saturated carbocycles. The number of anilines is 1. The number of carbonyl (C=O) groups excluding carboxylic acids is 1. The minimum Gasteiger partial charge on any atom is -0.394 e. The number of alkyl halides is 3. The van der Waals surface area contributed by atoms with Gasteiger partial charge in [0.25, 0.3) is 0 Å². The summed E-state index contributed by atoms with van der Waals surface area (Å²) < 4.78 is 38.3. The number of aliphatic hydroxyl groups excluding tert-OH is 1. The number of nitrogens with zero attached hydrogens (tertiary/aromatic N) is 1. The van der Waals surface area contributed by atoms with Gasteiger partial charge in [0.15, 0.2) is 0 Å². The summed E-state index contributed by atoms with van der Waals surface area (Å²) in [6.45, 7) is 2.75. The summed E-state index contributed by atoms with van der Waals surface area (Å²) >= 11 is 0. The molecule has 0 bridgehead atoms. The Hall–Kier alpha value is -1.76. The minimum atomic E-state index is -4.46. The number of carbonyl (C=O) groups is 1. The van der Waals surface area contributed by atoms with Crippen molar-refractivity contribution in [3.8, 4) is 0 Å². The zero-order valence-corrected chi connectivity index (χ0v) is 11.5. The summed E-state index contributed by atoms with van der Waals surface area (Å²) in [5.74, 6) is 0. The van der Waals surface area contributed by atoms with Gasteiger partial charge in [-0.15, -0.1) is 0 Å². The fraction of sp³-hybridized carbons (Fsp3) is 0.462. The number of amides is 2. The second-order valence-corrected chi connectivity index (χ2v) is 4.60. The summed E-state index contributed by atoms with van der Waals surface area (Å²) in [4.78, 5) is 13.0. The third-order valence-corrected chi connectivity index (χ3v) is 3.04. The van der Waals surface area contributed by atoms with Crippen molar-refractivity contribution >= 4 is 11.7 Å². The van der Waals surface area contributed by atoms with Crippen molar-refractivity contribution < 1.29 is 23.1 Å². The molecule has 0 fully saturated rings. The zero-order chi connectivity index (χ0) is 15.5. The fourth-order valence-corrected chi connectivity index (χ4v) is 1.54. The monoisotopic (exact) mass is 290 g/mol. The van der Waals surface area contributed by atoms with Gasteiger partial charge < -0.3 is 15.3 Å². The number of aliphatic hydroxyl groups is 1. The van der Waals surface area contributed by atoms with Crippen LogP contribution in [0, 0.1) is 6.92 Å². The van der Waals surface area contributed by atoms with Crippen LogP contribution in [0.5, 0.6) is 0 Å². The Morgan fingerprint density at radius 2 is 2.05 bits per heavy atom. The van der Waals surface area contributed by atoms with E-state index < -0.39 is 23.8 Å². The number of likely N-dealkylation sites (N-methyl/N-ethyl adjacent to an activating group) is 1. The maximum atomic E-state index is 12.8.